The number of nitrogens with zero attached hydrogens (tertiary/aromatic N) is 2. The lowest BCUT2D eigenvalue weighted by molar-refractivity contribution is 0.0730. The van der Waals surface area contributed by atoms with Gasteiger partial charge in [-0.3, -0.25) is 4.79 Å². The summed E-state index contributed by atoms with van der Waals surface area (Å²) in [6, 6.07) is 13.7. The Balaban J connectivity index is 1.45. The molecule has 0 bridgehead atoms. The number of Topliss-reactive ketones (excluding diaryl/α,β-unsaturated/α-hetero) is 1. The summed E-state index contributed by atoms with van der Waals surface area (Å²) >= 11 is 1.41. The van der Waals surface area contributed by atoms with Gasteiger partial charge in [-0.15, -0.1) is 11.3 Å². The first kappa shape index (κ1) is 21.6. The van der Waals surface area contributed by atoms with Crippen LogP contribution in [0.4, 0.5) is 0 Å². The number of carbonyl (C=O) groups is 1. The Labute approximate surface area is 185 Å². The van der Waals surface area contributed by atoms with E-state index in [1.807, 2.05) is 5.38 Å². The third-order valence-electron chi connectivity index (χ3n) is 5.03. The maximum Gasteiger partial charge on any atom is 0.243 e. The molecule has 1 aliphatic rings. The second kappa shape index (κ2) is 9.27. The second-order valence-electron chi connectivity index (χ2n) is 7.00. The zero-order chi connectivity index (χ0) is 21.8. The van der Waals surface area contributed by atoms with Crippen molar-refractivity contribution in [3.05, 3.63) is 64.5 Å². The van der Waals surface area contributed by atoms with E-state index in [2.05, 4.69) is 4.98 Å². The summed E-state index contributed by atoms with van der Waals surface area (Å²) in [5.74, 6) is 0.683. The van der Waals surface area contributed by atoms with Gasteiger partial charge in [0, 0.05) is 29.6 Å². The first-order valence-electron chi connectivity index (χ1n) is 9.77. The van der Waals surface area contributed by atoms with E-state index in [0.717, 1.165) is 11.3 Å². The molecule has 2 heterocycles. The van der Waals surface area contributed by atoms with Gasteiger partial charge < -0.3 is 9.47 Å². The maximum atomic E-state index is 12.7. The summed E-state index contributed by atoms with van der Waals surface area (Å²) in [4.78, 5) is 17.3. The largest absolute Gasteiger partial charge is 0.497 e. The van der Waals surface area contributed by atoms with Crippen LogP contribution in [0.25, 0.3) is 11.3 Å². The van der Waals surface area contributed by atoms with Gasteiger partial charge in [-0.25, -0.2) is 13.4 Å². The highest BCUT2D eigenvalue weighted by Gasteiger charge is 2.26. The molecular weight excluding hydrogens is 436 g/mol. The van der Waals surface area contributed by atoms with Crippen LogP contribution in [0.5, 0.6) is 5.75 Å². The molecule has 0 unspecified atom stereocenters. The smallest absolute Gasteiger partial charge is 0.243 e. The first-order chi connectivity index (χ1) is 15.0. The number of rotatable bonds is 7. The maximum absolute atomic E-state index is 12.7. The number of carbonyl (C=O) groups excluding carboxylic acids is 1. The van der Waals surface area contributed by atoms with Crippen molar-refractivity contribution < 1.29 is 22.7 Å². The Kier molecular flexibility index (Phi) is 6.47. The van der Waals surface area contributed by atoms with Crippen molar-refractivity contribution in [1.82, 2.24) is 9.29 Å². The predicted molar refractivity (Wildman–Crippen MR) is 118 cm³/mol. The number of hydrogen-bond donors (Lipinski definition) is 0. The fourth-order valence-electron chi connectivity index (χ4n) is 3.27. The molecule has 0 saturated carbocycles. The summed E-state index contributed by atoms with van der Waals surface area (Å²) < 4.78 is 37.3. The third-order valence-corrected chi connectivity index (χ3v) is 7.80. The van der Waals surface area contributed by atoms with Crippen molar-refractivity contribution in [2.24, 2.45) is 0 Å². The van der Waals surface area contributed by atoms with Crippen LogP contribution < -0.4 is 4.74 Å². The van der Waals surface area contributed by atoms with Gasteiger partial charge in [-0.1, -0.05) is 12.1 Å². The molecule has 1 fully saturated rings. The van der Waals surface area contributed by atoms with Crippen LogP contribution >= 0.6 is 11.3 Å². The normalized spacial score (nSPS) is 15.0. The van der Waals surface area contributed by atoms with Crippen LogP contribution in [-0.2, 0) is 21.2 Å². The number of sulfonamides is 1. The number of thiazole rings is 1. The van der Waals surface area contributed by atoms with Crippen molar-refractivity contribution in [2.75, 3.05) is 33.4 Å². The zero-order valence-corrected chi connectivity index (χ0v) is 18.6. The Hall–Kier alpha value is -2.59. The number of aromatic nitrogens is 1. The van der Waals surface area contributed by atoms with Crippen molar-refractivity contribution in [1.29, 1.82) is 0 Å². The minimum Gasteiger partial charge on any atom is -0.497 e. The lowest BCUT2D eigenvalue weighted by Gasteiger charge is -2.26. The second-order valence-corrected chi connectivity index (χ2v) is 9.88. The third kappa shape index (κ3) is 4.85. The Morgan fingerprint density at radius 3 is 2.42 bits per heavy atom. The predicted octanol–water partition coefficient (Wildman–Crippen LogP) is 3.27. The molecule has 0 spiro atoms. The van der Waals surface area contributed by atoms with Crippen LogP contribution in [0.2, 0.25) is 0 Å². The molecule has 162 valence electrons. The molecule has 0 amide bonds. The molecule has 4 rings (SSSR count). The number of ketones is 1. The molecule has 1 aromatic heterocycles. The van der Waals surface area contributed by atoms with E-state index in [-0.39, 0.29) is 17.1 Å². The zero-order valence-electron chi connectivity index (χ0n) is 17.0. The van der Waals surface area contributed by atoms with Gasteiger partial charge in [0.1, 0.15) is 10.8 Å². The molecule has 31 heavy (non-hydrogen) atoms. The van der Waals surface area contributed by atoms with Gasteiger partial charge >= 0.3 is 0 Å². The van der Waals surface area contributed by atoms with Gasteiger partial charge in [0.15, 0.2) is 5.78 Å². The fraction of sp³-hybridized carbons (Fsp3) is 0.273. The SMILES string of the molecule is COc1ccc(C(=O)Cc2nc(-c3ccc(S(=O)(=O)N4CCOCC4)cc3)cs2)cc1. The minimum absolute atomic E-state index is 0.0181. The molecular formula is C22H22N2O5S2. The van der Waals surface area contributed by atoms with Gasteiger partial charge in [-0.2, -0.15) is 4.31 Å². The van der Waals surface area contributed by atoms with Crippen molar-refractivity contribution >= 4 is 27.1 Å². The van der Waals surface area contributed by atoms with Crippen LogP contribution in [0.1, 0.15) is 15.4 Å². The Bertz CT molecular complexity index is 1150. The highest BCUT2D eigenvalue weighted by molar-refractivity contribution is 7.89. The minimum atomic E-state index is -3.53. The summed E-state index contributed by atoms with van der Waals surface area (Å²) in [6.07, 6.45) is 0.209. The van der Waals surface area contributed by atoms with E-state index < -0.39 is 10.0 Å². The van der Waals surface area contributed by atoms with Gasteiger partial charge in [-0.05, 0) is 36.4 Å². The first-order valence-corrected chi connectivity index (χ1v) is 12.1. The average molecular weight is 459 g/mol. The molecule has 2 aromatic carbocycles. The van der Waals surface area contributed by atoms with E-state index in [1.165, 1.54) is 15.6 Å². The van der Waals surface area contributed by atoms with E-state index in [0.29, 0.717) is 42.6 Å². The van der Waals surface area contributed by atoms with E-state index in [1.54, 1.807) is 55.6 Å². The molecule has 0 aliphatic carbocycles. The number of methoxy groups -OCH3 is 1. The van der Waals surface area contributed by atoms with Crippen LogP contribution in [-0.4, -0.2) is 56.9 Å². The standard InChI is InChI=1S/C22H22N2O5S2/c1-28-18-6-2-17(3-7-18)21(25)14-22-23-20(15-30-22)16-4-8-19(9-5-16)31(26,27)24-10-12-29-13-11-24/h2-9,15H,10-14H2,1H3. The van der Waals surface area contributed by atoms with Crippen LogP contribution in [0, 0.1) is 0 Å². The molecule has 1 aliphatic heterocycles. The summed E-state index contributed by atoms with van der Waals surface area (Å²) in [5, 5.41) is 2.59. The lowest BCUT2D eigenvalue weighted by Crippen LogP contribution is -2.40. The number of ether oxygens (including phenoxy) is 2. The van der Waals surface area contributed by atoms with Gasteiger partial charge in [0.25, 0.3) is 0 Å². The number of benzene rings is 2. The summed E-state index contributed by atoms with van der Waals surface area (Å²) in [6.45, 7) is 1.55. The van der Waals surface area contributed by atoms with Crippen molar-refractivity contribution in [3.8, 4) is 17.0 Å². The number of morpholine rings is 1. The average Bonchev–Trinajstić information content (AvgIpc) is 3.28. The number of hydrogen-bond acceptors (Lipinski definition) is 7. The van der Waals surface area contributed by atoms with E-state index >= 15 is 0 Å². The highest BCUT2D eigenvalue weighted by Crippen LogP contribution is 2.26. The molecule has 9 heteroatoms. The van der Waals surface area contributed by atoms with Crippen molar-refractivity contribution in [2.45, 2.75) is 11.3 Å². The van der Waals surface area contributed by atoms with Crippen molar-refractivity contribution in [3.63, 3.8) is 0 Å². The molecule has 0 atom stereocenters. The topological polar surface area (TPSA) is 85.8 Å². The molecule has 3 aromatic rings. The van der Waals surface area contributed by atoms with Crippen LogP contribution in [0.3, 0.4) is 0 Å². The summed E-state index contributed by atoms with van der Waals surface area (Å²) in [7, 11) is -1.94. The summed E-state index contributed by atoms with van der Waals surface area (Å²) in [5.41, 5.74) is 2.13. The lowest BCUT2D eigenvalue weighted by atomic mass is 10.1. The molecule has 1 saturated heterocycles. The molecule has 0 N–H and O–H groups in total. The van der Waals surface area contributed by atoms with E-state index in [4.69, 9.17) is 9.47 Å². The monoisotopic (exact) mass is 458 g/mol. The van der Waals surface area contributed by atoms with Gasteiger partial charge in [0.2, 0.25) is 10.0 Å². The molecule has 0 radical (unpaired) electrons. The van der Waals surface area contributed by atoms with E-state index in [9.17, 15) is 13.2 Å². The fourth-order valence-corrected chi connectivity index (χ4v) is 5.48. The Morgan fingerprint density at radius 2 is 1.77 bits per heavy atom. The highest BCUT2D eigenvalue weighted by atomic mass is 32.2. The quantitative estimate of drug-likeness (QED) is 0.505. The van der Waals surface area contributed by atoms with Crippen LogP contribution in [0.15, 0.2) is 58.8 Å². The molecule has 7 nitrogen and oxygen atoms in total. The van der Waals surface area contributed by atoms with Gasteiger partial charge in [0.05, 0.1) is 37.3 Å². The Morgan fingerprint density at radius 1 is 1.10 bits per heavy atom.